The summed E-state index contributed by atoms with van der Waals surface area (Å²) in [5.74, 6) is 0. The molecule has 0 aliphatic heterocycles. The van der Waals surface area contributed by atoms with Crippen LogP contribution < -0.4 is 0 Å². The summed E-state index contributed by atoms with van der Waals surface area (Å²) >= 11 is 0. The Morgan fingerprint density at radius 1 is 0.250 bits per heavy atom. The lowest BCUT2D eigenvalue weighted by molar-refractivity contribution is 0.656. The lowest BCUT2D eigenvalue weighted by atomic mass is 10.2. The summed E-state index contributed by atoms with van der Waals surface area (Å²) in [7, 11) is 0. The van der Waals surface area contributed by atoms with Crippen molar-refractivity contribution in [2.75, 3.05) is 0 Å². The highest BCUT2D eigenvalue weighted by molar-refractivity contribution is 4.36. The molecule has 0 atom stereocenters. The van der Waals surface area contributed by atoms with Gasteiger partial charge in [0, 0.05) is 0 Å². The summed E-state index contributed by atoms with van der Waals surface area (Å²) in [6, 6.07) is 0. The smallest absolute Gasteiger partial charge is 0.0533 e. The molecule has 0 N–H and O–H groups in total. The molecule has 0 saturated heterocycles. The van der Waals surface area contributed by atoms with Crippen LogP contribution in [0.1, 0.15) is 131 Å². The van der Waals surface area contributed by atoms with Crippen LogP contribution in [0, 0.1) is 0 Å². The quantitative estimate of drug-likeness (QED) is 0.334. The van der Waals surface area contributed by atoms with Gasteiger partial charge in [0.25, 0.3) is 0 Å². The van der Waals surface area contributed by atoms with E-state index >= 15 is 0 Å². The van der Waals surface area contributed by atoms with E-state index in [1.165, 1.54) is 89.9 Å². The first-order valence-electron chi connectivity index (χ1n) is 9.74. The number of rotatable bonds is 11. The van der Waals surface area contributed by atoms with Crippen molar-refractivity contribution in [2.45, 2.75) is 131 Å². The lowest BCUT2D eigenvalue weighted by Gasteiger charge is -1.90. The first-order chi connectivity index (χ1) is 9.74. The normalized spacial score (nSPS) is 9.30. The van der Waals surface area contributed by atoms with Crippen molar-refractivity contribution in [3.63, 3.8) is 0 Å². The summed E-state index contributed by atoms with van der Waals surface area (Å²) < 4.78 is 0. The van der Waals surface area contributed by atoms with Crippen LogP contribution in [0.3, 0.4) is 0 Å². The van der Waals surface area contributed by atoms with Crippen molar-refractivity contribution < 1.29 is 0 Å². The van der Waals surface area contributed by atoms with Gasteiger partial charge in [-0.1, -0.05) is 131 Å². The summed E-state index contributed by atoms with van der Waals surface area (Å²) in [4.78, 5) is 0. The molecule has 0 nitrogen and oxygen atoms in total. The van der Waals surface area contributed by atoms with E-state index in [0.29, 0.717) is 0 Å². The molecule has 0 unspecified atom stereocenters. The van der Waals surface area contributed by atoms with Crippen molar-refractivity contribution in [2.24, 2.45) is 0 Å². The molecule has 0 aromatic rings. The molecule has 0 amide bonds. The van der Waals surface area contributed by atoms with Crippen LogP contribution in [0.25, 0.3) is 0 Å². The van der Waals surface area contributed by atoms with Crippen LogP contribution in [-0.4, -0.2) is 0 Å². The van der Waals surface area contributed by atoms with Crippen molar-refractivity contribution in [1.82, 2.24) is 0 Å². The first kappa shape index (κ1) is 25.0. The molecule has 0 aromatic heterocycles. The average molecular weight is 287 g/mol. The Balaban J connectivity index is -0.000000218. The van der Waals surface area contributed by atoms with E-state index in [4.69, 9.17) is 0 Å². The zero-order chi connectivity index (χ0) is 15.9. The van der Waals surface area contributed by atoms with Gasteiger partial charge in [0.15, 0.2) is 0 Å². The third-order valence-corrected chi connectivity index (χ3v) is 3.37. The third kappa shape index (κ3) is 43.0. The molecule has 0 heteroatoms. The predicted molar refractivity (Wildman–Crippen MR) is 98.7 cm³/mol. The van der Waals surface area contributed by atoms with E-state index < -0.39 is 0 Å². The van der Waals surface area contributed by atoms with E-state index in [-0.39, 0.29) is 0 Å². The van der Waals surface area contributed by atoms with E-state index in [1.807, 2.05) is 0 Å². The van der Waals surface area contributed by atoms with Crippen molar-refractivity contribution in [3.05, 3.63) is 0 Å². The first-order valence-corrected chi connectivity index (χ1v) is 9.74. The van der Waals surface area contributed by atoms with E-state index in [9.17, 15) is 0 Å². The Labute approximate surface area is 132 Å². The van der Waals surface area contributed by atoms with Crippen molar-refractivity contribution in [3.8, 4) is 0 Å². The van der Waals surface area contributed by atoms with Crippen LogP contribution in [0.15, 0.2) is 0 Å². The van der Waals surface area contributed by atoms with Crippen LogP contribution in [0.4, 0.5) is 0 Å². The van der Waals surface area contributed by atoms with Crippen LogP contribution in [0.2, 0.25) is 0 Å². The monoisotopic (exact) mass is 286 g/mol. The minimum atomic E-state index is 1.36. The SMILES string of the molecule is CCCCCC.CCCCCCC.CCCCCCC. The predicted octanol–water partition coefficient (Wildman–Crippen LogP) is 8.54. The van der Waals surface area contributed by atoms with Gasteiger partial charge in [0.1, 0.15) is 0 Å². The second-order valence-electron chi connectivity index (χ2n) is 5.83. The van der Waals surface area contributed by atoms with E-state index in [2.05, 4.69) is 41.5 Å². The fourth-order valence-electron chi connectivity index (χ4n) is 1.85. The second-order valence-corrected chi connectivity index (χ2v) is 5.83. The van der Waals surface area contributed by atoms with Crippen LogP contribution in [0.5, 0.6) is 0 Å². The van der Waals surface area contributed by atoms with E-state index in [0.717, 1.165) is 0 Å². The minimum absolute atomic E-state index is 1.36. The van der Waals surface area contributed by atoms with Crippen LogP contribution >= 0.6 is 0 Å². The standard InChI is InChI=1S/2C7H16.C6H14/c2*1-3-5-7-6-4-2;1-3-5-6-4-2/h2*3-7H2,1-2H3;3-6H2,1-2H3. The number of hydrogen-bond acceptors (Lipinski definition) is 0. The zero-order valence-electron chi connectivity index (χ0n) is 15.9. The van der Waals surface area contributed by atoms with Gasteiger partial charge in [0.05, 0.1) is 0 Å². The molecule has 0 aliphatic rings. The summed E-state index contributed by atoms with van der Waals surface area (Å²) in [5, 5.41) is 0. The van der Waals surface area contributed by atoms with Crippen molar-refractivity contribution >= 4 is 0 Å². The highest BCUT2D eigenvalue weighted by Crippen LogP contribution is 2.00. The molecule has 0 bridgehead atoms. The molecular weight excluding hydrogens is 240 g/mol. The van der Waals surface area contributed by atoms with Gasteiger partial charge in [-0.25, -0.2) is 0 Å². The van der Waals surface area contributed by atoms with Gasteiger partial charge < -0.3 is 0 Å². The molecule has 126 valence electrons. The van der Waals surface area contributed by atoms with Gasteiger partial charge in [-0.3, -0.25) is 0 Å². The van der Waals surface area contributed by atoms with Crippen LogP contribution in [-0.2, 0) is 0 Å². The maximum atomic E-state index is 2.25. The summed E-state index contributed by atoms with van der Waals surface area (Å²) in [6.45, 7) is 13.4. The zero-order valence-corrected chi connectivity index (χ0v) is 15.9. The number of unbranched alkanes of at least 4 members (excludes halogenated alkanes) is 11. The Morgan fingerprint density at radius 2 is 0.400 bits per heavy atom. The largest absolute Gasteiger partial charge is 0.0654 e. The third-order valence-electron chi connectivity index (χ3n) is 3.37. The average Bonchev–Trinajstić information content (AvgIpc) is 2.48. The molecule has 0 saturated carbocycles. The van der Waals surface area contributed by atoms with E-state index in [1.54, 1.807) is 0 Å². The minimum Gasteiger partial charge on any atom is -0.0654 e. The molecule has 0 aliphatic carbocycles. The molecule has 0 radical (unpaired) electrons. The van der Waals surface area contributed by atoms with Gasteiger partial charge in [-0.2, -0.15) is 0 Å². The fourth-order valence-corrected chi connectivity index (χ4v) is 1.85. The topological polar surface area (TPSA) is 0 Å². The molecule has 0 spiro atoms. The van der Waals surface area contributed by atoms with Gasteiger partial charge in [-0.15, -0.1) is 0 Å². The maximum absolute atomic E-state index is 2.25. The Hall–Kier alpha value is 0. The molecule has 0 aromatic carbocycles. The van der Waals surface area contributed by atoms with Crippen molar-refractivity contribution in [1.29, 1.82) is 0 Å². The molecule has 0 heterocycles. The Kier molecular flexibility index (Phi) is 39.2. The maximum Gasteiger partial charge on any atom is -0.0533 e. The summed E-state index contributed by atoms with van der Waals surface area (Å²) in [5.41, 5.74) is 0. The fraction of sp³-hybridized carbons (Fsp3) is 1.00. The highest BCUT2D eigenvalue weighted by atomic mass is 13.9. The highest BCUT2D eigenvalue weighted by Gasteiger charge is 1.80. The lowest BCUT2D eigenvalue weighted by Crippen LogP contribution is -1.70. The van der Waals surface area contributed by atoms with Gasteiger partial charge >= 0.3 is 0 Å². The Bertz CT molecular complexity index is 84.6. The molecular formula is C20H46. The molecule has 0 rings (SSSR count). The Morgan fingerprint density at radius 3 is 0.550 bits per heavy atom. The second kappa shape index (κ2) is 31.4. The molecule has 0 fully saturated rings. The molecule has 20 heavy (non-hydrogen) atoms. The van der Waals surface area contributed by atoms with Gasteiger partial charge in [-0.05, 0) is 0 Å². The van der Waals surface area contributed by atoms with Gasteiger partial charge in [0.2, 0.25) is 0 Å². The number of hydrogen-bond donors (Lipinski definition) is 0. The summed E-state index contributed by atoms with van der Waals surface area (Å²) in [6.07, 6.45) is 19.6.